The molecule has 0 N–H and O–H groups in total. The molecule has 2 aromatic rings. The lowest BCUT2D eigenvalue weighted by molar-refractivity contribution is -0.288. The van der Waals surface area contributed by atoms with E-state index in [2.05, 4.69) is 4.42 Å². The molecule has 1 aromatic carbocycles. The van der Waals surface area contributed by atoms with Crippen molar-refractivity contribution in [3.8, 4) is 0 Å². The molecule has 16 heavy (non-hydrogen) atoms. The van der Waals surface area contributed by atoms with Crippen molar-refractivity contribution in [2.45, 2.75) is 12.1 Å². The molecule has 2 rings (SSSR count). The Morgan fingerprint density at radius 3 is 2.25 bits per heavy atom. The van der Waals surface area contributed by atoms with Crippen LogP contribution in [0.2, 0.25) is 0 Å². The van der Waals surface area contributed by atoms with Crippen LogP contribution in [0.5, 0.6) is 0 Å². The van der Waals surface area contributed by atoms with Gasteiger partial charge in [-0.15, -0.1) is 0 Å². The van der Waals surface area contributed by atoms with E-state index in [1.807, 2.05) is 0 Å². The summed E-state index contributed by atoms with van der Waals surface area (Å²) in [6, 6.07) is 3.27. The smallest absolute Gasteiger partial charge is 0.458 e. The van der Waals surface area contributed by atoms with Gasteiger partial charge in [0.25, 0.3) is 0 Å². The molecule has 86 valence electrons. The quantitative estimate of drug-likeness (QED) is 0.680. The lowest BCUT2D eigenvalue weighted by atomic mass is 10.0. The normalized spacial score (nSPS) is 13.3. The molecular formula is C10H5F5O. The third kappa shape index (κ3) is 1.45. The number of rotatable bonds is 1. The van der Waals surface area contributed by atoms with Crippen LogP contribution in [0.4, 0.5) is 22.0 Å². The summed E-state index contributed by atoms with van der Waals surface area (Å²) in [7, 11) is 0. The largest absolute Gasteiger partial charge is 0.471 e. The van der Waals surface area contributed by atoms with E-state index in [9.17, 15) is 22.0 Å². The number of alkyl halides is 5. The van der Waals surface area contributed by atoms with Crippen LogP contribution in [0.25, 0.3) is 10.8 Å². The maximum atomic E-state index is 13.1. The molecular weight excluding hydrogens is 231 g/mol. The summed E-state index contributed by atoms with van der Waals surface area (Å²) in [6.07, 6.45) is -3.62. The molecule has 1 aromatic heterocycles. The molecule has 0 fully saturated rings. The standard InChI is InChI=1S/C10H5F5O/c11-9(12,10(13,14)15)8-3-1-2-6-4-16-5-7(6)8/h1-5H. The van der Waals surface area contributed by atoms with E-state index in [-0.39, 0.29) is 10.8 Å². The highest BCUT2D eigenvalue weighted by Crippen LogP contribution is 2.46. The molecule has 0 aliphatic rings. The van der Waals surface area contributed by atoms with Gasteiger partial charge in [-0.05, 0) is 0 Å². The van der Waals surface area contributed by atoms with Crippen LogP contribution in [0.15, 0.2) is 35.1 Å². The predicted octanol–water partition coefficient (Wildman–Crippen LogP) is 4.09. The maximum Gasteiger partial charge on any atom is 0.458 e. The molecule has 0 aliphatic heterocycles. The van der Waals surface area contributed by atoms with Gasteiger partial charge in [0.15, 0.2) is 0 Å². The average molecular weight is 236 g/mol. The highest BCUT2D eigenvalue weighted by atomic mass is 19.4. The van der Waals surface area contributed by atoms with Gasteiger partial charge >= 0.3 is 12.1 Å². The van der Waals surface area contributed by atoms with Crippen molar-refractivity contribution in [1.82, 2.24) is 0 Å². The minimum Gasteiger partial charge on any atom is -0.471 e. The van der Waals surface area contributed by atoms with Crippen molar-refractivity contribution in [1.29, 1.82) is 0 Å². The first kappa shape index (κ1) is 10.9. The third-order valence-corrected chi connectivity index (χ3v) is 2.22. The second-order valence-electron chi connectivity index (χ2n) is 3.25. The van der Waals surface area contributed by atoms with Gasteiger partial charge in [0.05, 0.1) is 12.5 Å². The van der Waals surface area contributed by atoms with Gasteiger partial charge in [-0.3, -0.25) is 0 Å². The van der Waals surface area contributed by atoms with Gasteiger partial charge in [-0.1, -0.05) is 18.2 Å². The fourth-order valence-electron chi connectivity index (χ4n) is 1.42. The number of fused-ring (bicyclic) bond motifs is 1. The summed E-state index contributed by atoms with van der Waals surface area (Å²) in [5.74, 6) is -4.88. The Morgan fingerprint density at radius 2 is 1.62 bits per heavy atom. The molecule has 0 unspecified atom stereocenters. The minimum absolute atomic E-state index is 0.210. The highest BCUT2D eigenvalue weighted by molar-refractivity contribution is 5.85. The molecule has 0 saturated carbocycles. The molecule has 1 heterocycles. The lowest BCUT2D eigenvalue weighted by Crippen LogP contribution is -2.33. The summed E-state index contributed by atoms with van der Waals surface area (Å²) in [5.41, 5.74) is -1.09. The number of halogens is 5. The van der Waals surface area contributed by atoms with Crippen molar-refractivity contribution in [2.75, 3.05) is 0 Å². The van der Waals surface area contributed by atoms with Gasteiger partial charge in [-0.2, -0.15) is 22.0 Å². The van der Waals surface area contributed by atoms with E-state index in [4.69, 9.17) is 0 Å². The number of furan rings is 1. The summed E-state index contributed by atoms with van der Waals surface area (Å²) < 4.78 is 67.3. The first-order valence-electron chi connectivity index (χ1n) is 4.24. The van der Waals surface area contributed by atoms with Crippen LogP contribution in [0.3, 0.4) is 0 Å². The minimum atomic E-state index is -5.61. The van der Waals surface area contributed by atoms with E-state index >= 15 is 0 Å². The van der Waals surface area contributed by atoms with Crippen LogP contribution < -0.4 is 0 Å². The fourth-order valence-corrected chi connectivity index (χ4v) is 1.42. The topological polar surface area (TPSA) is 13.1 Å². The number of benzene rings is 1. The third-order valence-electron chi connectivity index (χ3n) is 2.22. The van der Waals surface area contributed by atoms with Crippen LogP contribution >= 0.6 is 0 Å². The molecule has 6 heteroatoms. The van der Waals surface area contributed by atoms with Crippen LogP contribution in [0, 0.1) is 0 Å². The number of hydrogen-bond donors (Lipinski definition) is 0. The number of hydrogen-bond acceptors (Lipinski definition) is 1. The van der Waals surface area contributed by atoms with E-state index in [1.54, 1.807) is 0 Å². The zero-order chi connectivity index (χ0) is 12.0. The fraction of sp³-hybridized carbons (Fsp3) is 0.200. The summed E-state index contributed by atoms with van der Waals surface area (Å²) in [5, 5.41) is -0.0220. The lowest BCUT2D eigenvalue weighted by Gasteiger charge is -2.20. The summed E-state index contributed by atoms with van der Waals surface area (Å²) in [6.45, 7) is 0. The van der Waals surface area contributed by atoms with Crippen LogP contribution in [0.1, 0.15) is 5.56 Å². The first-order chi connectivity index (χ1) is 7.34. The van der Waals surface area contributed by atoms with Gasteiger partial charge in [0.1, 0.15) is 0 Å². The van der Waals surface area contributed by atoms with Gasteiger partial charge < -0.3 is 4.42 Å². The van der Waals surface area contributed by atoms with Gasteiger partial charge in [0.2, 0.25) is 0 Å². The van der Waals surface area contributed by atoms with Crippen molar-refractivity contribution < 1.29 is 26.4 Å². The second-order valence-corrected chi connectivity index (χ2v) is 3.25. The molecule has 0 saturated heterocycles. The Bertz CT molecular complexity index is 511. The summed E-state index contributed by atoms with van der Waals surface area (Å²) >= 11 is 0. The van der Waals surface area contributed by atoms with Crippen molar-refractivity contribution in [2.24, 2.45) is 0 Å². The zero-order valence-corrected chi connectivity index (χ0v) is 7.68. The first-order valence-corrected chi connectivity index (χ1v) is 4.24. The molecule has 1 nitrogen and oxygen atoms in total. The second kappa shape index (κ2) is 3.20. The van der Waals surface area contributed by atoms with E-state index in [0.29, 0.717) is 0 Å². The summed E-state index contributed by atoms with van der Waals surface area (Å²) in [4.78, 5) is 0. The van der Waals surface area contributed by atoms with E-state index in [0.717, 1.165) is 24.7 Å². The molecule has 0 atom stereocenters. The van der Waals surface area contributed by atoms with Gasteiger partial charge in [0, 0.05) is 16.3 Å². The van der Waals surface area contributed by atoms with E-state index < -0.39 is 17.7 Å². The predicted molar refractivity (Wildman–Crippen MR) is 46.2 cm³/mol. The molecule has 0 bridgehead atoms. The van der Waals surface area contributed by atoms with Crippen LogP contribution in [-0.4, -0.2) is 6.18 Å². The molecule has 0 aliphatic carbocycles. The molecule has 0 amide bonds. The molecule has 0 spiro atoms. The maximum absolute atomic E-state index is 13.1. The SMILES string of the molecule is FC(F)(F)C(F)(F)c1cccc2cocc12. The molecule has 0 radical (unpaired) electrons. The van der Waals surface area contributed by atoms with Crippen molar-refractivity contribution >= 4 is 10.8 Å². The Hall–Kier alpha value is -1.59. The Labute approximate surface area is 86.5 Å². The monoisotopic (exact) mass is 236 g/mol. The highest BCUT2D eigenvalue weighted by Gasteiger charge is 2.59. The Balaban J connectivity index is 2.68. The zero-order valence-electron chi connectivity index (χ0n) is 7.68. The van der Waals surface area contributed by atoms with Gasteiger partial charge in [-0.25, -0.2) is 0 Å². The van der Waals surface area contributed by atoms with Crippen molar-refractivity contribution in [3.63, 3.8) is 0 Å². The Morgan fingerprint density at radius 1 is 0.938 bits per heavy atom. The average Bonchev–Trinajstić information content (AvgIpc) is 2.62. The van der Waals surface area contributed by atoms with Crippen LogP contribution in [-0.2, 0) is 5.92 Å². The van der Waals surface area contributed by atoms with Crippen molar-refractivity contribution in [3.05, 3.63) is 36.3 Å². The Kier molecular flexibility index (Phi) is 2.18. The van der Waals surface area contributed by atoms with E-state index in [1.165, 1.54) is 6.07 Å².